The minimum Gasteiger partial charge on any atom is -0.387 e. The van der Waals surface area contributed by atoms with Crippen molar-refractivity contribution in [2.45, 2.75) is 12.2 Å². The number of rotatable bonds is 5. The Labute approximate surface area is 113 Å². The summed E-state index contributed by atoms with van der Waals surface area (Å²) in [5.41, 5.74) is 0.718. The Morgan fingerprint density at radius 3 is 2.89 bits per heavy atom. The number of morpholine rings is 1. The summed E-state index contributed by atoms with van der Waals surface area (Å²) < 4.78 is 18.4. The Balaban J connectivity index is 1.71. The van der Waals surface area contributed by atoms with Crippen molar-refractivity contribution in [2.75, 3.05) is 39.8 Å². The lowest BCUT2D eigenvalue weighted by atomic mass is 10.1. The summed E-state index contributed by atoms with van der Waals surface area (Å²) in [6.07, 6.45) is -0.457. The largest absolute Gasteiger partial charge is 0.387 e. The number of hydrogen-bond donors (Lipinski definition) is 2. The number of likely N-dealkylation sites (N-methyl/N-ethyl adjacent to an activating group) is 1. The van der Waals surface area contributed by atoms with E-state index < -0.39 is 6.10 Å². The second-order valence-corrected chi connectivity index (χ2v) is 4.98. The van der Waals surface area contributed by atoms with Gasteiger partial charge in [-0.15, -0.1) is 0 Å². The van der Waals surface area contributed by atoms with Gasteiger partial charge in [0.05, 0.1) is 18.8 Å². The zero-order valence-electron chi connectivity index (χ0n) is 11.2. The summed E-state index contributed by atoms with van der Waals surface area (Å²) >= 11 is 0. The topological polar surface area (TPSA) is 44.7 Å². The molecule has 0 aromatic heterocycles. The van der Waals surface area contributed by atoms with Crippen LogP contribution in [0.3, 0.4) is 0 Å². The lowest BCUT2D eigenvalue weighted by molar-refractivity contribution is -0.0191. The number of aliphatic hydroxyl groups is 1. The van der Waals surface area contributed by atoms with Crippen LogP contribution in [-0.2, 0) is 4.74 Å². The first-order valence-electron chi connectivity index (χ1n) is 6.59. The molecule has 106 valence electrons. The molecule has 2 atom stereocenters. The molecule has 4 nitrogen and oxygen atoms in total. The van der Waals surface area contributed by atoms with Crippen molar-refractivity contribution in [1.82, 2.24) is 10.2 Å². The Morgan fingerprint density at radius 2 is 2.21 bits per heavy atom. The van der Waals surface area contributed by atoms with Crippen LogP contribution >= 0.6 is 0 Å². The maximum atomic E-state index is 12.8. The monoisotopic (exact) mass is 268 g/mol. The van der Waals surface area contributed by atoms with Crippen molar-refractivity contribution in [2.24, 2.45) is 0 Å². The normalized spacial score (nSPS) is 22.4. The highest BCUT2D eigenvalue weighted by molar-refractivity contribution is 5.18. The molecule has 1 aliphatic heterocycles. The highest BCUT2D eigenvalue weighted by Gasteiger charge is 2.17. The highest BCUT2D eigenvalue weighted by atomic mass is 19.1. The maximum absolute atomic E-state index is 12.8. The Kier molecular flexibility index (Phi) is 5.27. The van der Waals surface area contributed by atoms with Gasteiger partial charge in [0.15, 0.2) is 0 Å². The fourth-order valence-electron chi connectivity index (χ4n) is 2.17. The molecule has 1 aromatic rings. The first-order valence-corrected chi connectivity index (χ1v) is 6.59. The molecule has 2 N–H and O–H groups in total. The van der Waals surface area contributed by atoms with E-state index in [4.69, 9.17) is 4.74 Å². The van der Waals surface area contributed by atoms with Crippen LogP contribution < -0.4 is 5.32 Å². The molecule has 1 aliphatic rings. The van der Waals surface area contributed by atoms with E-state index in [-0.39, 0.29) is 11.9 Å². The van der Waals surface area contributed by atoms with Crippen LogP contribution in [0.4, 0.5) is 4.39 Å². The fraction of sp³-hybridized carbons (Fsp3) is 0.571. The van der Waals surface area contributed by atoms with E-state index in [0.717, 1.165) is 25.3 Å². The van der Waals surface area contributed by atoms with Crippen molar-refractivity contribution in [3.8, 4) is 0 Å². The summed E-state index contributed by atoms with van der Waals surface area (Å²) in [5.74, 6) is -0.289. The molecule has 1 saturated heterocycles. The van der Waals surface area contributed by atoms with E-state index in [9.17, 15) is 9.50 Å². The first-order chi connectivity index (χ1) is 9.15. The third-order valence-electron chi connectivity index (χ3n) is 3.31. The Morgan fingerprint density at radius 1 is 1.47 bits per heavy atom. The number of benzene rings is 1. The summed E-state index contributed by atoms with van der Waals surface area (Å²) in [5, 5.41) is 13.1. The molecular formula is C14H21FN2O2. The third-order valence-corrected chi connectivity index (χ3v) is 3.31. The van der Waals surface area contributed by atoms with Gasteiger partial charge in [-0.3, -0.25) is 0 Å². The first kappa shape index (κ1) is 14.4. The molecule has 0 bridgehead atoms. The minimum atomic E-state index is -0.623. The van der Waals surface area contributed by atoms with Crippen molar-refractivity contribution in [3.05, 3.63) is 35.6 Å². The van der Waals surface area contributed by atoms with E-state index in [1.54, 1.807) is 12.1 Å². The van der Waals surface area contributed by atoms with Crippen LogP contribution in [0.25, 0.3) is 0 Å². The minimum absolute atomic E-state index is 0.166. The predicted molar refractivity (Wildman–Crippen MR) is 71.5 cm³/mol. The molecule has 5 heteroatoms. The van der Waals surface area contributed by atoms with E-state index in [0.29, 0.717) is 13.1 Å². The molecule has 0 aliphatic carbocycles. The smallest absolute Gasteiger partial charge is 0.123 e. The van der Waals surface area contributed by atoms with Crippen molar-refractivity contribution >= 4 is 0 Å². The number of ether oxygens (including phenoxy) is 1. The standard InChI is InChI=1S/C14H21FN2O2/c1-17-6-7-19-13(10-17)8-16-9-14(18)11-2-4-12(15)5-3-11/h2-5,13-14,16,18H,6-10H2,1H3. The number of halogens is 1. The quantitative estimate of drug-likeness (QED) is 0.828. The van der Waals surface area contributed by atoms with Gasteiger partial charge in [0, 0.05) is 26.2 Å². The predicted octanol–water partition coefficient (Wildman–Crippen LogP) is 0.779. The zero-order chi connectivity index (χ0) is 13.7. The summed E-state index contributed by atoms with van der Waals surface area (Å²) in [7, 11) is 2.07. The van der Waals surface area contributed by atoms with Crippen molar-refractivity contribution < 1.29 is 14.2 Å². The van der Waals surface area contributed by atoms with Gasteiger partial charge in [0.1, 0.15) is 5.82 Å². The van der Waals surface area contributed by atoms with Gasteiger partial charge < -0.3 is 20.1 Å². The van der Waals surface area contributed by atoms with Crippen LogP contribution in [0.15, 0.2) is 24.3 Å². The molecule has 0 saturated carbocycles. The van der Waals surface area contributed by atoms with Crippen LogP contribution in [0.5, 0.6) is 0 Å². The van der Waals surface area contributed by atoms with Gasteiger partial charge in [-0.05, 0) is 24.7 Å². The maximum Gasteiger partial charge on any atom is 0.123 e. The third kappa shape index (κ3) is 4.54. The highest BCUT2D eigenvalue weighted by Crippen LogP contribution is 2.12. The lowest BCUT2D eigenvalue weighted by Gasteiger charge is -2.30. The molecule has 0 amide bonds. The van der Waals surface area contributed by atoms with E-state index >= 15 is 0 Å². The van der Waals surface area contributed by atoms with E-state index in [1.807, 2.05) is 0 Å². The van der Waals surface area contributed by atoms with Crippen molar-refractivity contribution in [1.29, 1.82) is 0 Å². The van der Waals surface area contributed by atoms with E-state index in [1.165, 1.54) is 12.1 Å². The molecule has 2 rings (SSSR count). The average Bonchev–Trinajstić information content (AvgIpc) is 2.39. The van der Waals surface area contributed by atoms with Gasteiger partial charge in [-0.2, -0.15) is 0 Å². The number of nitrogens with zero attached hydrogens (tertiary/aromatic N) is 1. The fourth-order valence-corrected chi connectivity index (χ4v) is 2.17. The average molecular weight is 268 g/mol. The second-order valence-electron chi connectivity index (χ2n) is 4.98. The second kappa shape index (κ2) is 6.96. The van der Waals surface area contributed by atoms with Gasteiger partial charge >= 0.3 is 0 Å². The Bertz CT molecular complexity index is 386. The summed E-state index contributed by atoms with van der Waals surface area (Å²) in [4.78, 5) is 2.23. The van der Waals surface area contributed by atoms with Crippen LogP contribution in [0.1, 0.15) is 11.7 Å². The molecule has 1 fully saturated rings. The molecule has 19 heavy (non-hydrogen) atoms. The SMILES string of the molecule is CN1CCOC(CNCC(O)c2ccc(F)cc2)C1. The molecule has 0 spiro atoms. The van der Waals surface area contributed by atoms with Gasteiger partial charge in [0.2, 0.25) is 0 Å². The Hall–Kier alpha value is -1.01. The van der Waals surface area contributed by atoms with Crippen molar-refractivity contribution in [3.63, 3.8) is 0 Å². The molecule has 1 heterocycles. The summed E-state index contributed by atoms with van der Waals surface area (Å²) in [6.45, 7) is 3.77. The van der Waals surface area contributed by atoms with Gasteiger partial charge in [-0.1, -0.05) is 12.1 Å². The number of nitrogens with one attached hydrogen (secondary N) is 1. The molecular weight excluding hydrogens is 247 g/mol. The van der Waals surface area contributed by atoms with Gasteiger partial charge in [-0.25, -0.2) is 4.39 Å². The summed E-state index contributed by atoms with van der Waals surface area (Å²) in [6, 6.07) is 5.93. The molecule has 1 aromatic carbocycles. The molecule has 2 unspecified atom stereocenters. The zero-order valence-corrected chi connectivity index (χ0v) is 11.2. The number of hydrogen-bond acceptors (Lipinski definition) is 4. The van der Waals surface area contributed by atoms with Crippen LogP contribution in [-0.4, -0.2) is 55.9 Å². The van der Waals surface area contributed by atoms with Gasteiger partial charge in [0.25, 0.3) is 0 Å². The number of aliphatic hydroxyl groups excluding tert-OH is 1. The molecule has 0 radical (unpaired) electrons. The van der Waals surface area contributed by atoms with Crippen LogP contribution in [0.2, 0.25) is 0 Å². The van der Waals surface area contributed by atoms with Crippen LogP contribution in [0, 0.1) is 5.82 Å². The van der Waals surface area contributed by atoms with E-state index in [2.05, 4.69) is 17.3 Å². The lowest BCUT2D eigenvalue weighted by Crippen LogP contribution is -2.45.